The number of ether oxygens (including phenoxy) is 1. The number of hydrogen-bond acceptors (Lipinski definition) is 2. The van der Waals surface area contributed by atoms with E-state index in [4.69, 9.17) is 4.74 Å². The van der Waals surface area contributed by atoms with Crippen LogP contribution in [0.3, 0.4) is 0 Å². The van der Waals surface area contributed by atoms with Crippen LogP contribution in [-0.2, 0) is 4.74 Å². The highest BCUT2D eigenvalue weighted by molar-refractivity contribution is 6.83. The fourth-order valence-electron chi connectivity index (χ4n) is 2.93. The number of hydrogen-bond donors (Lipinski definition) is 1. The molecule has 18 heavy (non-hydrogen) atoms. The van der Waals surface area contributed by atoms with Crippen LogP contribution in [-0.4, -0.2) is 32.0 Å². The van der Waals surface area contributed by atoms with Gasteiger partial charge in [-0.1, -0.05) is 25.6 Å². The molecule has 0 aromatic rings. The van der Waals surface area contributed by atoms with Crippen LogP contribution in [0.1, 0.15) is 38.5 Å². The fourth-order valence-corrected chi connectivity index (χ4v) is 3.53. The first-order valence-electron chi connectivity index (χ1n) is 7.17. The fraction of sp³-hybridized carbons (Fsp3) is 0.867. The predicted molar refractivity (Wildman–Crippen MR) is 77.0 cm³/mol. The second kappa shape index (κ2) is 5.00. The molecule has 2 aliphatic rings. The molecule has 1 aliphatic heterocycles. The van der Waals surface area contributed by atoms with Gasteiger partial charge in [0.1, 0.15) is 13.7 Å². The summed E-state index contributed by atoms with van der Waals surface area (Å²) < 4.78 is 5.46. The van der Waals surface area contributed by atoms with E-state index in [2.05, 4.69) is 31.1 Å². The lowest BCUT2D eigenvalue weighted by Crippen LogP contribution is -2.41. The van der Waals surface area contributed by atoms with Crippen LogP contribution in [0.25, 0.3) is 0 Å². The smallest absolute Gasteiger partial charge is 0.129 e. The minimum absolute atomic E-state index is 0.450. The molecule has 1 saturated heterocycles. The number of aliphatic hydroxyl groups is 1. The minimum Gasteiger partial charge on any atom is -0.381 e. The van der Waals surface area contributed by atoms with Crippen molar-refractivity contribution in [2.45, 2.75) is 63.8 Å². The molecule has 1 heterocycles. The van der Waals surface area contributed by atoms with E-state index in [1.807, 2.05) is 0 Å². The SMILES string of the molecule is C[Si](C)(C)C#CC1(O)CCC2(CCOCC2)CC1. The number of rotatable bonds is 0. The average molecular weight is 266 g/mol. The Morgan fingerprint density at radius 1 is 0.944 bits per heavy atom. The molecule has 0 atom stereocenters. The van der Waals surface area contributed by atoms with Gasteiger partial charge in [0.05, 0.1) is 0 Å². The molecule has 2 nitrogen and oxygen atoms in total. The Labute approximate surface area is 112 Å². The van der Waals surface area contributed by atoms with E-state index in [1.54, 1.807) is 0 Å². The second-order valence-corrected chi connectivity index (χ2v) is 11.9. The van der Waals surface area contributed by atoms with Crippen molar-refractivity contribution in [3.8, 4) is 11.5 Å². The third kappa shape index (κ3) is 3.60. The summed E-state index contributed by atoms with van der Waals surface area (Å²) in [6.45, 7) is 8.49. The van der Waals surface area contributed by atoms with Gasteiger partial charge in [-0.15, -0.1) is 5.54 Å². The molecule has 0 aromatic carbocycles. The third-order valence-electron chi connectivity index (χ3n) is 4.36. The quantitative estimate of drug-likeness (QED) is 0.539. The summed E-state index contributed by atoms with van der Waals surface area (Å²) in [5.41, 5.74) is 3.08. The first-order valence-corrected chi connectivity index (χ1v) is 10.7. The summed E-state index contributed by atoms with van der Waals surface area (Å²) in [6.07, 6.45) is 6.28. The van der Waals surface area contributed by atoms with E-state index in [9.17, 15) is 5.11 Å². The van der Waals surface area contributed by atoms with Crippen molar-refractivity contribution in [1.82, 2.24) is 0 Å². The Balaban J connectivity index is 1.98. The molecule has 1 aliphatic carbocycles. The second-order valence-electron chi connectivity index (χ2n) is 7.14. The van der Waals surface area contributed by atoms with Crippen molar-refractivity contribution in [1.29, 1.82) is 0 Å². The topological polar surface area (TPSA) is 29.5 Å². The molecule has 0 radical (unpaired) electrons. The van der Waals surface area contributed by atoms with Gasteiger partial charge in [0, 0.05) is 13.2 Å². The van der Waals surface area contributed by atoms with E-state index in [0.29, 0.717) is 5.41 Å². The lowest BCUT2D eigenvalue weighted by molar-refractivity contribution is -0.0473. The molecule has 1 N–H and O–H groups in total. The molecule has 2 rings (SSSR count). The maximum atomic E-state index is 10.6. The highest BCUT2D eigenvalue weighted by atomic mass is 28.3. The standard InChI is InChI=1S/C15H26O2Si/c1-18(2,3)13-10-15(16)6-4-14(5-7-15)8-11-17-12-9-14/h16H,4-9,11-12H2,1-3H3. The van der Waals surface area contributed by atoms with Crippen LogP contribution in [0.15, 0.2) is 0 Å². The molecular weight excluding hydrogens is 240 g/mol. The van der Waals surface area contributed by atoms with Gasteiger partial charge in [-0.05, 0) is 43.9 Å². The zero-order valence-electron chi connectivity index (χ0n) is 12.0. The monoisotopic (exact) mass is 266 g/mol. The van der Waals surface area contributed by atoms with Crippen LogP contribution in [0.5, 0.6) is 0 Å². The van der Waals surface area contributed by atoms with Crippen LogP contribution in [0.2, 0.25) is 19.6 Å². The van der Waals surface area contributed by atoms with Crippen LogP contribution < -0.4 is 0 Å². The van der Waals surface area contributed by atoms with Crippen molar-refractivity contribution < 1.29 is 9.84 Å². The first-order chi connectivity index (χ1) is 8.33. The minimum atomic E-state index is -1.38. The van der Waals surface area contributed by atoms with Gasteiger partial charge < -0.3 is 9.84 Å². The molecule has 0 unspecified atom stereocenters. The Hall–Kier alpha value is -0.303. The van der Waals surface area contributed by atoms with Crippen molar-refractivity contribution in [3.63, 3.8) is 0 Å². The molecule has 0 bridgehead atoms. The first kappa shape index (κ1) is 14.1. The van der Waals surface area contributed by atoms with Gasteiger partial charge in [0.15, 0.2) is 0 Å². The van der Waals surface area contributed by atoms with Gasteiger partial charge in [-0.3, -0.25) is 0 Å². The Morgan fingerprint density at radius 2 is 1.50 bits per heavy atom. The maximum absolute atomic E-state index is 10.6. The Morgan fingerprint density at radius 3 is 2.00 bits per heavy atom. The molecule has 0 aromatic heterocycles. The average Bonchev–Trinajstić information content (AvgIpc) is 2.32. The summed E-state index contributed by atoms with van der Waals surface area (Å²) in [5, 5.41) is 10.6. The Bertz CT molecular complexity index is 343. The van der Waals surface area contributed by atoms with E-state index in [-0.39, 0.29) is 0 Å². The van der Waals surface area contributed by atoms with Crippen LogP contribution >= 0.6 is 0 Å². The maximum Gasteiger partial charge on any atom is 0.129 e. The van der Waals surface area contributed by atoms with E-state index < -0.39 is 13.7 Å². The molecule has 0 amide bonds. The van der Waals surface area contributed by atoms with Gasteiger partial charge in [0.25, 0.3) is 0 Å². The summed E-state index contributed by atoms with van der Waals surface area (Å²) in [7, 11) is -1.38. The molecule has 1 spiro atoms. The van der Waals surface area contributed by atoms with E-state index in [1.165, 1.54) is 12.8 Å². The van der Waals surface area contributed by atoms with E-state index in [0.717, 1.165) is 38.9 Å². The summed E-state index contributed by atoms with van der Waals surface area (Å²) in [4.78, 5) is 0. The van der Waals surface area contributed by atoms with Gasteiger partial charge in [-0.2, -0.15) is 0 Å². The largest absolute Gasteiger partial charge is 0.381 e. The Kier molecular flexibility index (Phi) is 3.92. The van der Waals surface area contributed by atoms with Gasteiger partial charge in [-0.25, -0.2) is 0 Å². The molecule has 3 heteroatoms. The predicted octanol–water partition coefficient (Wildman–Crippen LogP) is 2.97. The highest BCUT2D eigenvalue weighted by Gasteiger charge is 2.41. The third-order valence-corrected chi connectivity index (χ3v) is 5.24. The molecule has 1 saturated carbocycles. The van der Waals surface area contributed by atoms with Crippen LogP contribution in [0.4, 0.5) is 0 Å². The summed E-state index contributed by atoms with van der Waals surface area (Å²) in [6, 6.07) is 0. The lowest BCUT2D eigenvalue weighted by atomic mass is 9.65. The van der Waals surface area contributed by atoms with Crippen molar-refractivity contribution >= 4 is 8.07 Å². The van der Waals surface area contributed by atoms with Crippen LogP contribution in [0, 0.1) is 16.9 Å². The van der Waals surface area contributed by atoms with Crippen molar-refractivity contribution in [3.05, 3.63) is 0 Å². The van der Waals surface area contributed by atoms with E-state index >= 15 is 0 Å². The summed E-state index contributed by atoms with van der Waals surface area (Å²) >= 11 is 0. The van der Waals surface area contributed by atoms with Gasteiger partial charge >= 0.3 is 0 Å². The molecular formula is C15H26O2Si. The molecule has 102 valence electrons. The van der Waals surface area contributed by atoms with Gasteiger partial charge in [0.2, 0.25) is 0 Å². The zero-order valence-corrected chi connectivity index (χ0v) is 13.0. The normalized spacial score (nSPS) is 26.4. The molecule has 2 fully saturated rings. The lowest BCUT2D eigenvalue weighted by Gasteiger charge is -2.44. The highest BCUT2D eigenvalue weighted by Crippen LogP contribution is 2.46. The van der Waals surface area contributed by atoms with Crippen molar-refractivity contribution in [2.24, 2.45) is 5.41 Å². The van der Waals surface area contributed by atoms with Crippen molar-refractivity contribution in [2.75, 3.05) is 13.2 Å². The zero-order chi connectivity index (χ0) is 13.3. The summed E-state index contributed by atoms with van der Waals surface area (Å²) in [5.74, 6) is 3.20.